The first-order valence-corrected chi connectivity index (χ1v) is 11.1. The number of aliphatic hydroxyl groups excluding tert-OH is 1. The molecule has 10 heteroatoms. The van der Waals surface area contributed by atoms with Gasteiger partial charge in [-0.1, -0.05) is 18.6 Å². The summed E-state index contributed by atoms with van der Waals surface area (Å²) in [7, 11) is 3.76. The molecule has 1 aliphatic heterocycles. The predicted octanol–water partition coefficient (Wildman–Crippen LogP) is 3.73. The lowest BCUT2D eigenvalue weighted by atomic mass is 9.95. The molecule has 10 nitrogen and oxygen atoms in total. The van der Waals surface area contributed by atoms with E-state index in [1.807, 2.05) is 31.1 Å². The quantitative estimate of drug-likeness (QED) is 0.131. The third kappa shape index (κ3) is 5.65. The van der Waals surface area contributed by atoms with E-state index in [1.165, 1.54) is 29.2 Å². The Morgan fingerprint density at radius 3 is 2.17 bits per heavy atom. The number of anilines is 1. The Kier molecular flexibility index (Phi) is 7.85. The molecule has 35 heavy (non-hydrogen) atoms. The van der Waals surface area contributed by atoms with Gasteiger partial charge in [-0.2, -0.15) is 0 Å². The Morgan fingerprint density at radius 2 is 1.63 bits per heavy atom. The van der Waals surface area contributed by atoms with Gasteiger partial charge in [-0.25, -0.2) is 0 Å². The molecular formula is C25H27N3O7. The first-order chi connectivity index (χ1) is 16.6. The molecule has 0 saturated carbocycles. The van der Waals surface area contributed by atoms with Crippen LogP contribution in [0.25, 0.3) is 5.76 Å². The molecule has 0 aliphatic carbocycles. The minimum atomic E-state index is -0.894. The van der Waals surface area contributed by atoms with Crippen LogP contribution in [0.4, 0.5) is 11.4 Å². The van der Waals surface area contributed by atoms with Crippen LogP contribution in [0.2, 0.25) is 0 Å². The van der Waals surface area contributed by atoms with E-state index in [0.717, 1.165) is 5.69 Å². The lowest BCUT2D eigenvalue weighted by Crippen LogP contribution is -2.30. The van der Waals surface area contributed by atoms with E-state index in [1.54, 1.807) is 12.1 Å². The molecule has 2 aromatic rings. The highest BCUT2D eigenvalue weighted by Crippen LogP contribution is 2.40. The number of non-ortho nitro benzene ring substituents is 1. The average molecular weight is 482 g/mol. The number of benzene rings is 2. The van der Waals surface area contributed by atoms with Crippen molar-refractivity contribution in [3.05, 3.63) is 75.3 Å². The first-order valence-electron chi connectivity index (χ1n) is 11.1. The van der Waals surface area contributed by atoms with E-state index in [9.17, 15) is 29.6 Å². The number of hydrogen-bond donors (Lipinski definition) is 2. The minimum absolute atomic E-state index is 0.0222. The summed E-state index contributed by atoms with van der Waals surface area (Å²) < 4.78 is 0. The highest BCUT2D eigenvalue weighted by Gasteiger charge is 2.45. The SMILES string of the molecule is CN(C)c1ccc(C2C(=C(O)c3ccc([N+](=O)[O-])cc3)C(=O)C(=O)N2CCCCCC(=O)O)cc1. The Labute approximate surface area is 202 Å². The van der Waals surface area contributed by atoms with Gasteiger partial charge < -0.3 is 20.0 Å². The molecule has 1 heterocycles. The fraction of sp³-hybridized carbons (Fsp3) is 0.320. The normalized spacial score (nSPS) is 17.0. The Hall–Kier alpha value is -4.21. The van der Waals surface area contributed by atoms with Crippen molar-refractivity contribution in [2.24, 2.45) is 0 Å². The Bertz CT molecular complexity index is 1150. The number of hydrogen-bond acceptors (Lipinski definition) is 7. The largest absolute Gasteiger partial charge is 0.507 e. The molecule has 184 valence electrons. The number of rotatable bonds is 10. The fourth-order valence-electron chi connectivity index (χ4n) is 4.04. The van der Waals surface area contributed by atoms with Gasteiger partial charge in [0.1, 0.15) is 5.76 Å². The zero-order valence-electron chi connectivity index (χ0n) is 19.5. The van der Waals surface area contributed by atoms with Crippen LogP contribution in [0.1, 0.15) is 42.9 Å². The number of ketones is 1. The molecule has 0 aromatic heterocycles. The van der Waals surface area contributed by atoms with E-state index < -0.39 is 34.4 Å². The number of aliphatic hydroxyl groups is 1. The summed E-state index contributed by atoms with van der Waals surface area (Å²) in [6, 6.07) is 11.5. The topological polar surface area (TPSA) is 141 Å². The Morgan fingerprint density at radius 1 is 1.00 bits per heavy atom. The maximum absolute atomic E-state index is 13.0. The molecule has 1 unspecified atom stereocenters. The fourth-order valence-corrected chi connectivity index (χ4v) is 4.04. The van der Waals surface area contributed by atoms with Gasteiger partial charge in [0, 0.05) is 50.4 Å². The molecule has 0 radical (unpaired) electrons. The standard InChI is InChI=1S/C25H27N3O7/c1-26(2)18-11-7-16(8-12-18)22-21(23(31)17-9-13-19(14-10-17)28(34)35)24(32)25(33)27(22)15-5-3-4-6-20(29)30/h7-14,22,31H,3-6,15H2,1-2H3,(H,29,30). The van der Waals surface area contributed by atoms with E-state index >= 15 is 0 Å². The van der Waals surface area contributed by atoms with Crippen LogP contribution in [0.15, 0.2) is 54.1 Å². The van der Waals surface area contributed by atoms with Gasteiger partial charge in [0.25, 0.3) is 17.4 Å². The van der Waals surface area contributed by atoms with Gasteiger partial charge in [0.15, 0.2) is 0 Å². The van der Waals surface area contributed by atoms with Crippen LogP contribution in [-0.2, 0) is 14.4 Å². The van der Waals surface area contributed by atoms with Crippen molar-refractivity contribution < 1.29 is 29.5 Å². The van der Waals surface area contributed by atoms with E-state index in [4.69, 9.17) is 5.11 Å². The number of nitro groups is 1. The van der Waals surface area contributed by atoms with Crippen molar-refractivity contribution >= 4 is 34.8 Å². The number of unbranched alkanes of at least 4 members (excludes halogenated alkanes) is 2. The predicted molar refractivity (Wildman–Crippen MR) is 129 cm³/mol. The van der Waals surface area contributed by atoms with Crippen molar-refractivity contribution in [1.29, 1.82) is 0 Å². The monoisotopic (exact) mass is 481 g/mol. The maximum atomic E-state index is 13.0. The number of carbonyl (C=O) groups is 3. The van der Waals surface area contributed by atoms with Crippen LogP contribution >= 0.6 is 0 Å². The van der Waals surface area contributed by atoms with E-state index in [0.29, 0.717) is 24.8 Å². The molecule has 0 spiro atoms. The lowest BCUT2D eigenvalue weighted by molar-refractivity contribution is -0.384. The molecule has 1 amide bonds. The molecule has 2 aromatic carbocycles. The number of amides is 1. The second kappa shape index (κ2) is 10.8. The van der Waals surface area contributed by atoms with Crippen molar-refractivity contribution in [3.8, 4) is 0 Å². The molecule has 1 atom stereocenters. The summed E-state index contributed by atoms with van der Waals surface area (Å²) in [5, 5.41) is 30.8. The van der Waals surface area contributed by atoms with Crippen LogP contribution in [0, 0.1) is 10.1 Å². The summed E-state index contributed by atoms with van der Waals surface area (Å²) in [6.45, 7) is 0.210. The highest BCUT2D eigenvalue weighted by molar-refractivity contribution is 6.46. The molecule has 1 fully saturated rings. The summed E-state index contributed by atoms with van der Waals surface area (Å²) in [5.74, 6) is -2.90. The van der Waals surface area contributed by atoms with Crippen LogP contribution in [0.5, 0.6) is 0 Å². The van der Waals surface area contributed by atoms with Gasteiger partial charge in [-0.15, -0.1) is 0 Å². The number of carbonyl (C=O) groups excluding carboxylic acids is 2. The van der Waals surface area contributed by atoms with E-state index in [2.05, 4.69) is 0 Å². The van der Waals surface area contributed by atoms with Gasteiger partial charge >= 0.3 is 5.97 Å². The number of carboxylic acids is 1. The number of likely N-dealkylation sites (tertiary alicyclic amines) is 1. The van der Waals surface area contributed by atoms with Crippen LogP contribution in [-0.4, -0.2) is 58.3 Å². The van der Waals surface area contributed by atoms with Crippen molar-refractivity contribution in [2.75, 3.05) is 25.5 Å². The average Bonchev–Trinajstić information content (AvgIpc) is 3.08. The molecule has 2 N–H and O–H groups in total. The van der Waals surface area contributed by atoms with Gasteiger partial charge in [0.2, 0.25) is 0 Å². The number of carboxylic acid groups (broad SMARTS) is 1. The lowest BCUT2D eigenvalue weighted by Gasteiger charge is -2.26. The smallest absolute Gasteiger partial charge is 0.303 e. The second-order valence-corrected chi connectivity index (χ2v) is 8.49. The van der Waals surface area contributed by atoms with Crippen LogP contribution in [0.3, 0.4) is 0 Å². The zero-order valence-corrected chi connectivity index (χ0v) is 19.5. The van der Waals surface area contributed by atoms with Crippen molar-refractivity contribution in [3.63, 3.8) is 0 Å². The van der Waals surface area contributed by atoms with Crippen LogP contribution < -0.4 is 4.90 Å². The van der Waals surface area contributed by atoms with Crippen molar-refractivity contribution in [1.82, 2.24) is 4.90 Å². The van der Waals surface area contributed by atoms with Gasteiger partial charge in [-0.05, 0) is 42.7 Å². The number of Topliss-reactive ketones (excluding diaryl/α,β-unsaturated/α-hetero) is 1. The molecule has 1 saturated heterocycles. The molecule has 0 bridgehead atoms. The van der Waals surface area contributed by atoms with Gasteiger partial charge in [0.05, 0.1) is 16.5 Å². The third-order valence-electron chi connectivity index (χ3n) is 5.91. The number of nitrogens with zero attached hydrogens (tertiary/aromatic N) is 3. The van der Waals surface area contributed by atoms with E-state index in [-0.39, 0.29) is 29.8 Å². The number of nitro benzene ring substituents is 1. The summed E-state index contributed by atoms with van der Waals surface area (Å²) >= 11 is 0. The second-order valence-electron chi connectivity index (χ2n) is 8.49. The molecular weight excluding hydrogens is 454 g/mol. The highest BCUT2D eigenvalue weighted by atomic mass is 16.6. The molecule has 1 aliphatic rings. The summed E-state index contributed by atoms with van der Waals surface area (Å²) in [6.07, 6.45) is 1.52. The van der Waals surface area contributed by atoms with Crippen molar-refractivity contribution in [2.45, 2.75) is 31.7 Å². The number of aliphatic carboxylic acids is 1. The Balaban J connectivity index is 2.00. The summed E-state index contributed by atoms with van der Waals surface area (Å²) in [4.78, 5) is 50.4. The first kappa shape index (κ1) is 25.4. The zero-order chi connectivity index (χ0) is 25.7. The molecule has 3 rings (SSSR count). The minimum Gasteiger partial charge on any atom is -0.507 e. The summed E-state index contributed by atoms with van der Waals surface area (Å²) in [5.41, 5.74) is 1.47. The van der Waals surface area contributed by atoms with Gasteiger partial charge in [-0.3, -0.25) is 24.5 Å². The third-order valence-corrected chi connectivity index (χ3v) is 5.91. The maximum Gasteiger partial charge on any atom is 0.303 e.